The third kappa shape index (κ3) is 3.01. The number of aromatic nitrogens is 2. The number of carbonyl (C=O) groups excluding carboxylic acids is 1. The molecular formula is C15H13N3OS2. The van der Waals surface area contributed by atoms with Crippen LogP contribution in [-0.2, 0) is 4.79 Å². The topological polar surface area (TPSA) is 54.9 Å². The van der Waals surface area contributed by atoms with Gasteiger partial charge in [0.25, 0.3) is 0 Å². The lowest BCUT2D eigenvalue weighted by Crippen LogP contribution is -2.04. The van der Waals surface area contributed by atoms with Gasteiger partial charge < -0.3 is 5.32 Å². The number of nitrogens with one attached hydrogen (secondary N) is 1. The summed E-state index contributed by atoms with van der Waals surface area (Å²) in [7, 11) is 0. The smallest absolute Gasteiger partial charge is 0.223 e. The molecule has 0 saturated heterocycles. The fourth-order valence-electron chi connectivity index (χ4n) is 1.92. The number of nitrogens with zero attached hydrogens (tertiary/aromatic N) is 2. The van der Waals surface area contributed by atoms with Crippen molar-refractivity contribution < 1.29 is 4.79 Å². The van der Waals surface area contributed by atoms with Gasteiger partial charge in [0.1, 0.15) is 5.01 Å². The molecule has 0 saturated carbocycles. The lowest BCUT2D eigenvalue weighted by Gasteiger charge is -1.94. The van der Waals surface area contributed by atoms with Crippen LogP contribution in [-0.4, -0.2) is 15.9 Å². The average molecular weight is 315 g/mol. The zero-order valence-electron chi connectivity index (χ0n) is 11.6. The second-order valence-corrected chi connectivity index (χ2v) is 6.38. The summed E-state index contributed by atoms with van der Waals surface area (Å²) in [4.78, 5) is 21.2. The van der Waals surface area contributed by atoms with Gasteiger partial charge >= 0.3 is 0 Å². The molecule has 6 heteroatoms. The molecule has 3 rings (SSSR count). The molecule has 0 aliphatic heterocycles. The highest BCUT2D eigenvalue weighted by Gasteiger charge is 2.14. The normalized spacial score (nSPS) is 10.6. The Morgan fingerprint density at radius 3 is 2.67 bits per heavy atom. The molecule has 106 valence electrons. The monoisotopic (exact) mass is 315 g/mol. The molecule has 0 aliphatic rings. The van der Waals surface area contributed by atoms with E-state index in [0.717, 1.165) is 26.8 Å². The third-order valence-electron chi connectivity index (χ3n) is 2.84. The van der Waals surface area contributed by atoms with Gasteiger partial charge in [-0.05, 0) is 6.92 Å². The van der Waals surface area contributed by atoms with E-state index in [4.69, 9.17) is 0 Å². The molecule has 21 heavy (non-hydrogen) atoms. The van der Waals surface area contributed by atoms with Crippen LogP contribution in [0.4, 0.5) is 5.13 Å². The first-order valence-electron chi connectivity index (χ1n) is 6.40. The number of amides is 1. The van der Waals surface area contributed by atoms with Crippen molar-refractivity contribution in [1.29, 1.82) is 0 Å². The lowest BCUT2D eigenvalue weighted by molar-refractivity contribution is -0.114. The Morgan fingerprint density at radius 2 is 1.95 bits per heavy atom. The van der Waals surface area contributed by atoms with E-state index in [1.807, 2.05) is 42.6 Å². The number of hydrogen-bond acceptors (Lipinski definition) is 5. The largest absolute Gasteiger partial charge is 0.302 e. The van der Waals surface area contributed by atoms with Crippen molar-refractivity contribution >= 4 is 33.7 Å². The summed E-state index contributed by atoms with van der Waals surface area (Å²) in [6.07, 6.45) is 0. The van der Waals surface area contributed by atoms with Crippen molar-refractivity contribution in [3.63, 3.8) is 0 Å². The van der Waals surface area contributed by atoms with E-state index >= 15 is 0 Å². The maximum atomic E-state index is 11.1. The van der Waals surface area contributed by atoms with E-state index < -0.39 is 0 Å². The van der Waals surface area contributed by atoms with E-state index in [1.165, 1.54) is 18.3 Å². The van der Waals surface area contributed by atoms with Crippen molar-refractivity contribution in [2.24, 2.45) is 0 Å². The van der Waals surface area contributed by atoms with Crippen molar-refractivity contribution in [2.75, 3.05) is 5.32 Å². The minimum Gasteiger partial charge on any atom is -0.302 e. The van der Waals surface area contributed by atoms with Crippen molar-refractivity contribution in [3.05, 3.63) is 41.4 Å². The Kier molecular flexibility index (Phi) is 3.81. The number of aryl methyl sites for hydroxylation is 1. The molecule has 0 bridgehead atoms. The highest BCUT2D eigenvalue weighted by atomic mass is 32.1. The van der Waals surface area contributed by atoms with Gasteiger partial charge in [-0.15, -0.1) is 22.7 Å². The van der Waals surface area contributed by atoms with Gasteiger partial charge in [0.2, 0.25) is 5.91 Å². The molecule has 2 aromatic heterocycles. The SMILES string of the molecule is CC(=O)Nc1nc(-c2sc(-c3ccccc3)nc2C)cs1. The van der Waals surface area contributed by atoms with Crippen molar-refractivity contribution in [3.8, 4) is 21.1 Å². The molecule has 1 N–H and O–H groups in total. The second kappa shape index (κ2) is 5.75. The van der Waals surface area contributed by atoms with Crippen LogP contribution in [0.2, 0.25) is 0 Å². The number of rotatable bonds is 3. The average Bonchev–Trinajstić information content (AvgIpc) is 3.06. The minimum absolute atomic E-state index is 0.109. The van der Waals surface area contributed by atoms with E-state index in [9.17, 15) is 4.79 Å². The maximum Gasteiger partial charge on any atom is 0.223 e. The predicted octanol–water partition coefficient (Wildman–Crippen LogP) is 4.20. The summed E-state index contributed by atoms with van der Waals surface area (Å²) < 4.78 is 0. The molecule has 0 radical (unpaired) electrons. The Morgan fingerprint density at radius 1 is 1.19 bits per heavy atom. The Bertz CT molecular complexity index is 777. The van der Waals surface area contributed by atoms with Crippen LogP contribution in [0.3, 0.4) is 0 Å². The summed E-state index contributed by atoms with van der Waals surface area (Å²) in [5.41, 5.74) is 2.92. The molecule has 1 amide bonds. The van der Waals surface area contributed by atoms with Gasteiger partial charge in [-0.3, -0.25) is 4.79 Å². The number of thiazole rings is 2. The molecule has 0 unspecified atom stereocenters. The van der Waals surface area contributed by atoms with Gasteiger partial charge in [0.05, 0.1) is 16.3 Å². The van der Waals surface area contributed by atoms with Crippen molar-refractivity contribution in [2.45, 2.75) is 13.8 Å². The minimum atomic E-state index is -0.109. The van der Waals surface area contributed by atoms with Crippen molar-refractivity contribution in [1.82, 2.24) is 9.97 Å². The van der Waals surface area contributed by atoms with E-state index in [0.29, 0.717) is 5.13 Å². The van der Waals surface area contributed by atoms with Gasteiger partial charge in [0.15, 0.2) is 5.13 Å². The molecule has 3 aromatic rings. The third-order valence-corrected chi connectivity index (χ3v) is 4.82. The summed E-state index contributed by atoms with van der Waals surface area (Å²) in [5.74, 6) is -0.109. The number of anilines is 1. The summed E-state index contributed by atoms with van der Waals surface area (Å²) in [6, 6.07) is 10.1. The van der Waals surface area contributed by atoms with E-state index in [-0.39, 0.29) is 5.91 Å². The number of carbonyl (C=O) groups is 1. The highest BCUT2D eigenvalue weighted by molar-refractivity contribution is 7.19. The van der Waals surface area contributed by atoms with Crippen LogP contribution >= 0.6 is 22.7 Å². The van der Waals surface area contributed by atoms with Crippen LogP contribution in [0.1, 0.15) is 12.6 Å². The van der Waals surface area contributed by atoms with Gasteiger partial charge in [-0.2, -0.15) is 0 Å². The molecule has 0 fully saturated rings. The standard InChI is InChI=1S/C15H13N3OS2/c1-9-13(12-8-20-15(18-12)17-10(2)19)21-14(16-9)11-6-4-3-5-7-11/h3-8H,1-2H3,(H,17,18,19). The van der Waals surface area contributed by atoms with Gasteiger partial charge in [-0.25, -0.2) is 9.97 Å². The summed E-state index contributed by atoms with van der Waals surface area (Å²) in [5, 5.41) is 6.25. The number of benzene rings is 1. The maximum absolute atomic E-state index is 11.1. The fourth-order valence-corrected chi connectivity index (χ4v) is 3.78. The van der Waals surface area contributed by atoms with Crippen LogP contribution in [0.25, 0.3) is 21.1 Å². The van der Waals surface area contributed by atoms with Gasteiger partial charge in [-0.1, -0.05) is 30.3 Å². The fraction of sp³-hybridized carbons (Fsp3) is 0.133. The van der Waals surface area contributed by atoms with Gasteiger partial charge in [0, 0.05) is 17.9 Å². The molecule has 0 atom stereocenters. The Balaban J connectivity index is 1.94. The van der Waals surface area contributed by atoms with Crippen LogP contribution < -0.4 is 5.32 Å². The quantitative estimate of drug-likeness (QED) is 0.788. The van der Waals surface area contributed by atoms with Crippen LogP contribution in [0, 0.1) is 6.92 Å². The first-order chi connectivity index (χ1) is 10.1. The van der Waals surface area contributed by atoms with Crippen LogP contribution in [0.5, 0.6) is 0 Å². The molecule has 1 aromatic carbocycles. The zero-order valence-corrected chi connectivity index (χ0v) is 13.2. The molecule has 4 nitrogen and oxygen atoms in total. The second-order valence-electron chi connectivity index (χ2n) is 4.52. The van der Waals surface area contributed by atoms with Crippen LogP contribution in [0.15, 0.2) is 35.7 Å². The predicted molar refractivity (Wildman–Crippen MR) is 87.7 cm³/mol. The summed E-state index contributed by atoms with van der Waals surface area (Å²) in [6.45, 7) is 3.46. The first kappa shape index (κ1) is 13.9. The molecule has 0 spiro atoms. The Hall–Kier alpha value is -2.05. The number of hydrogen-bond donors (Lipinski definition) is 1. The first-order valence-corrected chi connectivity index (χ1v) is 8.09. The zero-order chi connectivity index (χ0) is 14.8. The van der Waals surface area contributed by atoms with E-state index in [2.05, 4.69) is 15.3 Å². The molecular weight excluding hydrogens is 302 g/mol. The Labute approximate surface area is 130 Å². The molecule has 0 aliphatic carbocycles. The lowest BCUT2D eigenvalue weighted by atomic mass is 10.2. The molecule has 2 heterocycles. The van der Waals surface area contributed by atoms with E-state index in [1.54, 1.807) is 11.3 Å². The highest BCUT2D eigenvalue weighted by Crippen LogP contribution is 2.36. The summed E-state index contributed by atoms with van der Waals surface area (Å²) >= 11 is 3.04.